The van der Waals surface area contributed by atoms with Crippen molar-refractivity contribution >= 4 is 17.4 Å². The van der Waals surface area contributed by atoms with E-state index >= 15 is 0 Å². The van der Waals surface area contributed by atoms with Crippen molar-refractivity contribution < 1.29 is 5.21 Å². The second kappa shape index (κ2) is 4.66. The van der Waals surface area contributed by atoms with Gasteiger partial charge in [-0.25, -0.2) is 9.67 Å². The Hall–Kier alpha value is -2.08. The van der Waals surface area contributed by atoms with E-state index in [9.17, 15) is 0 Å². The molecule has 18 heavy (non-hydrogen) atoms. The van der Waals surface area contributed by atoms with E-state index in [0.29, 0.717) is 16.4 Å². The summed E-state index contributed by atoms with van der Waals surface area (Å²) in [6.45, 7) is 3.78. The molecule has 0 saturated heterocycles. The Morgan fingerprint density at radius 2 is 2.22 bits per heavy atom. The molecule has 2 aromatic rings. The number of pyridine rings is 1. The summed E-state index contributed by atoms with van der Waals surface area (Å²) in [5.41, 5.74) is 7.72. The fraction of sp³-hybridized carbons (Fsp3) is 0.182. The number of oxime groups is 1. The Morgan fingerprint density at radius 3 is 2.78 bits per heavy atom. The number of hydrogen-bond acceptors (Lipinski definition) is 4. The summed E-state index contributed by atoms with van der Waals surface area (Å²) in [5.74, 6) is 0.386. The van der Waals surface area contributed by atoms with Gasteiger partial charge in [0.15, 0.2) is 11.7 Å². The number of aromatic nitrogens is 3. The maximum atomic E-state index is 8.69. The first-order valence-electron chi connectivity index (χ1n) is 5.20. The van der Waals surface area contributed by atoms with Crippen LogP contribution in [0.2, 0.25) is 5.02 Å². The Morgan fingerprint density at radius 1 is 1.50 bits per heavy atom. The SMILES string of the molecule is Cc1cc(C)n(-c2nccc(/C(N)=N/O)c2Cl)n1. The van der Waals surface area contributed by atoms with Gasteiger partial charge >= 0.3 is 0 Å². The minimum atomic E-state index is -0.0646. The first-order chi connectivity index (χ1) is 8.54. The normalized spacial score (nSPS) is 11.8. The molecule has 0 aliphatic heterocycles. The second-order valence-corrected chi connectivity index (χ2v) is 4.20. The van der Waals surface area contributed by atoms with Gasteiger partial charge in [0.1, 0.15) is 0 Å². The van der Waals surface area contributed by atoms with E-state index in [4.69, 9.17) is 22.5 Å². The van der Waals surface area contributed by atoms with Gasteiger partial charge in [-0.05, 0) is 26.0 Å². The van der Waals surface area contributed by atoms with Crippen LogP contribution < -0.4 is 5.73 Å². The van der Waals surface area contributed by atoms with Gasteiger partial charge in [-0.15, -0.1) is 0 Å². The van der Waals surface area contributed by atoms with Crippen LogP contribution in [0, 0.1) is 13.8 Å². The molecular weight excluding hydrogens is 254 g/mol. The third-order valence-electron chi connectivity index (χ3n) is 2.46. The molecule has 94 valence electrons. The van der Waals surface area contributed by atoms with E-state index in [1.54, 1.807) is 10.7 Å². The van der Waals surface area contributed by atoms with Crippen molar-refractivity contribution in [3.8, 4) is 5.82 Å². The summed E-state index contributed by atoms with van der Waals surface area (Å²) >= 11 is 6.20. The van der Waals surface area contributed by atoms with E-state index in [2.05, 4.69) is 15.2 Å². The molecule has 0 amide bonds. The van der Waals surface area contributed by atoms with Gasteiger partial charge in [0, 0.05) is 17.5 Å². The minimum absolute atomic E-state index is 0.0646. The number of nitrogens with two attached hydrogens (primary N) is 1. The summed E-state index contributed by atoms with van der Waals surface area (Å²) < 4.78 is 1.62. The molecule has 0 bridgehead atoms. The number of amidine groups is 1. The van der Waals surface area contributed by atoms with E-state index in [0.717, 1.165) is 11.4 Å². The molecule has 7 heteroatoms. The lowest BCUT2D eigenvalue weighted by atomic mass is 10.2. The van der Waals surface area contributed by atoms with E-state index in [1.807, 2.05) is 19.9 Å². The summed E-state index contributed by atoms with van der Waals surface area (Å²) in [5, 5.41) is 16.2. The van der Waals surface area contributed by atoms with Crippen LogP contribution in [-0.2, 0) is 0 Å². The van der Waals surface area contributed by atoms with Crippen LogP contribution in [0.5, 0.6) is 0 Å². The van der Waals surface area contributed by atoms with E-state index in [1.165, 1.54) is 6.20 Å². The van der Waals surface area contributed by atoms with Crippen molar-refractivity contribution in [1.29, 1.82) is 0 Å². The first kappa shape index (κ1) is 12.4. The molecule has 2 rings (SSSR count). The third kappa shape index (κ3) is 2.02. The highest BCUT2D eigenvalue weighted by molar-refractivity contribution is 6.35. The van der Waals surface area contributed by atoms with Gasteiger partial charge in [-0.3, -0.25) is 0 Å². The van der Waals surface area contributed by atoms with Crippen molar-refractivity contribution in [2.24, 2.45) is 10.9 Å². The summed E-state index contributed by atoms with van der Waals surface area (Å²) in [6.07, 6.45) is 1.53. The summed E-state index contributed by atoms with van der Waals surface area (Å²) in [7, 11) is 0. The Bertz CT molecular complexity index is 620. The highest BCUT2D eigenvalue weighted by Crippen LogP contribution is 2.23. The lowest BCUT2D eigenvalue weighted by Crippen LogP contribution is -2.15. The average Bonchev–Trinajstić information content (AvgIpc) is 2.68. The lowest BCUT2D eigenvalue weighted by Gasteiger charge is -2.08. The van der Waals surface area contributed by atoms with Crippen LogP contribution in [0.3, 0.4) is 0 Å². The third-order valence-corrected chi connectivity index (χ3v) is 2.84. The summed E-state index contributed by atoms with van der Waals surface area (Å²) in [4.78, 5) is 4.18. The van der Waals surface area contributed by atoms with Crippen LogP contribution in [0.25, 0.3) is 5.82 Å². The molecule has 0 aromatic carbocycles. The Labute approximate surface area is 109 Å². The standard InChI is InChI=1S/C11H12ClN5O/c1-6-5-7(2)17(15-6)11-9(12)8(3-4-14-11)10(13)16-18/h3-5,18H,1-2H3,(H2,13,16). The maximum Gasteiger partial charge on any atom is 0.173 e. The molecule has 0 radical (unpaired) electrons. The largest absolute Gasteiger partial charge is 0.409 e. The molecule has 3 N–H and O–H groups in total. The number of nitrogens with zero attached hydrogens (tertiary/aromatic N) is 4. The van der Waals surface area contributed by atoms with Gasteiger partial charge in [-0.2, -0.15) is 5.10 Å². The first-order valence-corrected chi connectivity index (χ1v) is 5.58. The van der Waals surface area contributed by atoms with Gasteiger partial charge in [0.05, 0.1) is 10.7 Å². The molecule has 0 saturated carbocycles. The van der Waals surface area contributed by atoms with Gasteiger partial charge in [0.25, 0.3) is 0 Å². The molecule has 0 atom stereocenters. The van der Waals surface area contributed by atoms with Crippen molar-refractivity contribution in [2.45, 2.75) is 13.8 Å². The van der Waals surface area contributed by atoms with Gasteiger partial charge in [-0.1, -0.05) is 16.8 Å². The highest BCUT2D eigenvalue weighted by Gasteiger charge is 2.14. The van der Waals surface area contributed by atoms with Crippen LogP contribution in [0.15, 0.2) is 23.5 Å². The van der Waals surface area contributed by atoms with E-state index < -0.39 is 0 Å². The maximum absolute atomic E-state index is 8.69. The zero-order valence-electron chi connectivity index (χ0n) is 9.92. The van der Waals surface area contributed by atoms with Crippen molar-refractivity contribution in [3.05, 3.63) is 40.3 Å². The fourth-order valence-corrected chi connectivity index (χ4v) is 1.96. The molecule has 0 aliphatic carbocycles. The highest BCUT2D eigenvalue weighted by atomic mass is 35.5. The topological polar surface area (TPSA) is 89.3 Å². The zero-order valence-corrected chi connectivity index (χ0v) is 10.7. The van der Waals surface area contributed by atoms with Crippen LogP contribution in [-0.4, -0.2) is 25.8 Å². The molecule has 2 heterocycles. The quantitative estimate of drug-likeness (QED) is 0.374. The second-order valence-electron chi connectivity index (χ2n) is 3.82. The predicted molar refractivity (Wildman–Crippen MR) is 68.4 cm³/mol. The molecular formula is C11H12ClN5O. The number of aryl methyl sites for hydroxylation is 2. The molecule has 0 aliphatic rings. The number of halogens is 1. The molecule has 0 unspecified atom stereocenters. The fourth-order valence-electron chi connectivity index (χ4n) is 1.68. The summed E-state index contributed by atoms with van der Waals surface area (Å²) in [6, 6.07) is 3.49. The smallest absolute Gasteiger partial charge is 0.173 e. The van der Waals surface area contributed by atoms with Crippen LogP contribution in [0.1, 0.15) is 17.0 Å². The van der Waals surface area contributed by atoms with Crippen LogP contribution >= 0.6 is 11.6 Å². The van der Waals surface area contributed by atoms with Gasteiger partial charge in [0.2, 0.25) is 0 Å². The predicted octanol–water partition coefficient (Wildman–Crippen LogP) is 1.63. The van der Waals surface area contributed by atoms with Gasteiger partial charge < -0.3 is 10.9 Å². The van der Waals surface area contributed by atoms with Crippen molar-refractivity contribution in [1.82, 2.24) is 14.8 Å². The minimum Gasteiger partial charge on any atom is -0.409 e. The number of rotatable bonds is 2. The lowest BCUT2D eigenvalue weighted by molar-refractivity contribution is 0.318. The molecule has 0 fully saturated rings. The van der Waals surface area contributed by atoms with E-state index in [-0.39, 0.29) is 5.84 Å². The van der Waals surface area contributed by atoms with Crippen molar-refractivity contribution in [2.75, 3.05) is 0 Å². The van der Waals surface area contributed by atoms with Crippen molar-refractivity contribution in [3.63, 3.8) is 0 Å². The monoisotopic (exact) mass is 265 g/mol. The molecule has 2 aromatic heterocycles. The Kier molecular flexibility index (Phi) is 3.20. The average molecular weight is 266 g/mol. The Balaban J connectivity index is 2.63. The molecule has 6 nitrogen and oxygen atoms in total. The number of hydrogen-bond donors (Lipinski definition) is 2. The zero-order chi connectivity index (χ0) is 13.3. The molecule has 0 spiro atoms. The van der Waals surface area contributed by atoms with Crippen LogP contribution in [0.4, 0.5) is 0 Å².